The van der Waals surface area contributed by atoms with Crippen LogP contribution in [0.2, 0.25) is 0 Å². The number of nitrogens with two attached hydrogens (primary N) is 1. The van der Waals surface area contributed by atoms with Crippen LogP contribution >= 0.6 is 23.7 Å². The molecule has 7 heteroatoms. The second kappa shape index (κ2) is 9.61. The Kier molecular flexibility index (Phi) is 8.18. The number of amides is 1. The molecule has 1 atom stereocenters. The lowest BCUT2D eigenvalue weighted by Gasteiger charge is -2.25. The second-order valence-corrected chi connectivity index (χ2v) is 6.39. The molecule has 2 N–H and O–H groups in total. The van der Waals surface area contributed by atoms with Crippen LogP contribution in [-0.2, 0) is 12.8 Å². The Morgan fingerprint density at radius 1 is 1.42 bits per heavy atom. The summed E-state index contributed by atoms with van der Waals surface area (Å²) in [5.41, 5.74) is 7.11. The number of carbonyl (C=O) groups is 1. The second-order valence-electron chi connectivity index (χ2n) is 5.45. The third-order valence-corrected chi connectivity index (χ3v) is 4.73. The number of methoxy groups -OCH3 is 1. The molecule has 0 aliphatic heterocycles. The Bertz CT molecular complexity index is 663. The minimum Gasteiger partial charge on any atom is -0.496 e. The first-order valence-corrected chi connectivity index (χ1v) is 8.48. The Labute approximate surface area is 153 Å². The van der Waals surface area contributed by atoms with Gasteiger partial charge in [0.2, 0.25) is 0 Å². The summed E-state index contributed by atoms with van der Waals surface area (Å²) in [6.07, 6.45) is 1.43. The minimum atomic E-state index is -0.0630. The Morgan fingerprint density at radius 2 is 2.12 bits per heavy atom. The van der Waals surface area contributed by atoms with Crippen molar-refractivity contribution in [3.63, 3.8) is 0 Å². The first kappa shape index (κ1) is 20.4. The normalized spacial score (nSPS) is 11.5. The summed E-state index contributed by atoms with van der Waals surface area (Å²) < 4.78 is 5.38. The minimum absolute atomic E-state index is 0. The van der Waals surface area contributed by atoms with Crippen LogP contribution in [0.4, 0.5) is 0 Å². The van der Waals surface area contributed by atoms with Gasteiger partial charge in [-0.05, 0) is 31.5 Å². The van der Waals surface area contributed by atoms with Crippen molar-refractivity contribution in [2.45, 2.75) is 25.8 Å². The third-order valence-electron chi connectivity index (χ3n) is 3.82. The van der Waals surface area contributed by atoms with E-state index in [0.717, 1.165) is 22.7 Å². The van der Waals surface area contributed by atoms with Crippen LogP contribution in [0.1, 0.15) is 28.0 Å². The first-order valence-electron chi connectivity index (χ1n) is 7.60. The van der Waals surface area contributed by atoms with E-state index in [1.165, 1.54) is 11.3 Å². The van der Waals surface area contributed by atoms with Gasteiger partial charge in [0.25, 0.3) is 5.91 Å². The quantitative estimate of drug-likeness (QED) is 0.814. The van der Waals surface area contributed by atoms with Crippen molar-refractivity contribution < 1.29 is 9.53 Å². The van der Waals surface area contributed by atoms with Crippen LogP contribution in [0.15, 0.2) is 29.6 Å². The first-order chi connectivity index (χ1) is 11.1. The van der Waals surface area contributed by atoms with E-state index >= 15 is 0 Å². The van der Waals surface area contributed by atoms with Gasteiger partial charge < -0.3 is 15.4 Å². The van der Waals surface area contributed by atoms with Gasteiger partial charge in [-0.25, -0.2) is 4.98 Å². The number of carbonyl (C=O) groups excluding carboxylic acids is 1. The molecule has 0 saturated heterocycles. The predicted octanol–water partition coefficient (Wildman–Crippen LogP) is 2.78. The molecule has 0 aliphatic rings. The molecule has 2 aromatic rings. The summed E-state index contributed by atoms with van der Waals surface area (Å²) in [4.78, 5) is 18.7. The zero-order valence-corrected chi connectivity index (χ0v) is 15.8. The van der Waals surface area contributed by atoms with Crippen LogP contribution in [-0.4, -0.2) is 42.5 Å². The molecular weight excluding hydrogens is 346 g/mol. The maximum Gasteiger partial charge on any atom is 0.273 e. The van der Waals surface area contributed by atoms with E-state index in [-0.39, 0.29) is 24.4 Å². The summed E-state index contributed by atoms with van der Waals surface area (Å²) in [7, 11) is 3.47. The lowest BCUT2D eigenvalue weighted by atomic mass is 10.0. The number of hydrogen-bond acceptors (Lipinski definition) is 5. The number of ether oxygens (including phenoxy) is 1. The number of thiazole rings is 1. The topological polar surface area (TPSA) is 68.5 Å². The van der Waals surface area contributed by atoms with Gasteiger partial charge in [0, 0.05) is 24.9 Å². The number of likely N-dealkylation sites (N-methyl/N-ethyl adjacent to an activating group) is 1. The van der Waals surface area contributed by atoms with E-state index in [2.05, 4.69) is 4.98 Å². The maximum absolute atomic E-state index is 12.6. The highest BCUT2D eigenvalue weighted by atomic mass is 35.5. The van der Waals surface area contributed by atoms with Crippen molar-refractivity contribution in [1.82, 2.24) is 9.88 Å². The van der Waals surface area contributed by atoms with Crippen LogP contribution in [0, 0.1) is 0 Å². The van der Waals surface area contributed by atoms with Crippen molar-refractivity contribution in [3.05, 3.63) is 45.9 Å². The van der Waals surface area contributed by atoms with Crippen LogP contribution in [0.3, 0.4) is 0 Å². The molecule has 1 heterocycles. The fourth-order valence-electron chi connectivity index (χ4n) is 2.36. The van der Waals surface area contributed by atoms with Gasteiger partial charge >= 0.3 is 0 Å². The number of para-hydroxylation sites is 1. The van der Waals surface area contributed by atoms with Gasteiger partial charge in [-0.2, -0.15) is 0 Å². The summed E-state index contributed by atoms with van der Waals surface area (Å²) in [5, 5.41) is 2.71. The van der Waals surface area contributed by atoms with Crippen LogP contribution in [0.25, 0.3) is 0 Å². The van der Waals surface area contributed by atoms with Crippen molar-refractivity contribution in [1.29, 1.82) is 0 Å². The molecule has 1 aromatic heterocycles. The molecule has 5 nitrogen and oxygen atoms in total. The van der Waals surface area contributed by atoms with Crippen LogP contribution in [0.5, 0.6) is 5.75 Å². The number of rotatable bonds is 7. The van der Waals surface area contributed by atoms with E-state index < -0.39 is 0 Å². The highest BCUT2D eigenvalue weighted by Gasteiger charge is 2.21. The molecule has 24 heavy (non-hydrogen) atoms. The van der Waals surface area contributed by atoms with Gasteiger partial charge in [-0.1, -0.05) is 18.2 Å². The van der Waals surface area contributed by atoms with Crippen molar-refractivity contribution in [3.8, 4) is 5.75 Å². The highest BCUT2D eigenvalue weighted by Crippen LogP contribution is 2.21. The summed E-state index contributed by atoms with van der Waals surface area (Å²) >= 11 is 1.48. The standard InChI is InChI=1S/C17H23N3O2S.ClH/c1-12(10-13-6-4-5-7-15(13)22-3)20(2)17(21)14-11-23-16(19-14)8-9-18;/h4-7,11-12H,8-10,18H2,1-3H3;1H. The fraction of sp³-hybridized carbons (Fsp3) is 0.412. The van der Waals surface area contributed by atoms with Gasteiger partial charge in [0.1, 0.15) is 11.4 Å². The molecule has 0 aliphatic carbocycles. The van der Waals surface area contributed by atoms with Gasteiger partial charge in [0.05, 0.1) is 12.1 Å². The number of nitrogens with zero attached hydrogens (tertiary/aromatic N) is 2. The van der Waals surface area contributed by atoms with Crippen LogP contribution < -0.4 is 10.5 Å². The van der Waals surface area contributed by atoms with Gasteiger partial charge in [-0.3, -0.25) is 4.79 Å². The summed E-state index contributed by atoms with van der Waals surface area (Å²) in [6, 6.07) is 7.92. The van der Waals surface area contributed by atoms with Gasteiger partial charge in [-0.15, -0.1) is 23.7 Å². The molecule has 0 spiro atoms. The lowest BCUT2D eigenvalue weighted by molar-refractivity contribution is 0.0737. The van der Waals surface area contributed by atoms with E-state index in [0.29, 0.717) is 18.7 Å². The highest BCUT2D eigenvalue weighted by molar-refractivity contribution is 7.09. The monoisotopic (exact) mass is 369 g/mol. The Hall–Kier alpha value is -1.63. The molecular formula is C17H24ClN3O2S. The third kappa shape index (κ3) is 4.93. The molecule has 132 valence electrons. The van der Waals surface area contributed by atoms with Crippen molar-refractivity contribution in [2.75, 3.05) is 20.7 Å². The van der Waals surface area contributed by atoms with Crippen molar-refractivity contribution >= 4 is 29.7 Å². The molecule has 1 unspecified atom stereocenters. The Balaban J connectivity index is 0.00000288. The average molecular weight is 370 g/mol. The van der Waals surface area contributed by atoms with Crippen molar-refractivity contribution in [2.24, 2.45) is 5.73 Å². The summed E-state index contributed by atoms with van der Waals surface area (Å²) in [6.45, 7) is 2.57. The Morgan fingerprint density at radius 3 is 2.79 bits per heavy atom. The van der Waals surface area contributed by atoms with E-state index in [4.69, 9.17) is 10.5 Å². The van der Waals surface area contributed by atoms with E-state index in [1.54, 1.807) is 17.4 Å². The number of aromatic nitrogens is 1. The molecule has 1 aromatic carbocycles. The number of halogens is 1. The SMILES string of the molecule is COc1ccccc1CC(C)N(C)C(=O)c1csc(CCN)n1.Cl. The fourth-order valence-corrected chi connectivity index (χ4v) is 3.14. The molecule has 0 bridgehead atoms. The number of benzene rings is 1. The maximum atomic E-state index is 12.6. The molecule has 1 amide bonds. The largest absolute Gasteiger partial charge is 0.496 e. The van der Waals surface area contributed by atoms with E-state index in [1.807, 2.05) is 38.2 Å². The zero-order valence-electron chi connectivity index (χ0n) is 14.2. The smallest absolute Gasteiger partial charge is 0.273 e. The van der Waals surface area contributed by atoms with E-state index in [9.17, 15) is 4.79 Å². The number of hydrogen-bond donors (Lipinski definition) is 1. The molecule has 0 fully saturated rings. The van der Waals surface area contributed by atoms with Gasteiger partial charge in [0.15, 0.2) is 0 Å². The molecule has 2 rings (SSSR count). The predicted molar refractivity (Wildman–Crippen MR) is 100 cm³/mol. The molecule has 0 saturated carbocycles. The average Bonchev–Trinajstić information content (AvgIpc) is 3.03. The lowest BCUT2D eigenvalue weighted by Crippen LogP contribution is -2.36. The zero-order chi connectivity index (χ0) is 16.8. The molecule has 0 radical (unpaired) electrons. The summed E-state index contributed by atoms with van der Waals surface area (Å²) in [5.74, 6) is 0.783.